The molecule has 5 rings (SSSR count). The predicted octanol–water partition coefficient (Wildman–Crippen LogP) is 6.35. The highest BCUT2D eigenvalue weighted by molar-refractivity contribution is 5.71. The molecule has 0 saturated carbocycles. The fraction of sp³-hybridized carbons (Fsp3) is 0.281. The van der Waals surface area contributed by atoms with Gasteiger partial charge in [0.15, 0.2) is 0 Å². The molecule has 0 bridgehead atoms. The zero-order valence-electron chi connectivity index (χ0n) is 22.4. The first-order valence-electron chi connectivity index (χ1n) is 13.4. The fourth-order valence-electron chi connectivity index (χ4n) is 5.13. The van der Waals surface area contributed by atoms with Gasteiger partial charge >= 0.3 is 12.1 Å². The standard InChI is InChI=1S/C32H32N2O6/c1-22-29(33-31(39-22)23-9-4-2-5-10-23)16-18-38-27-14-8-11-24(19-27)28-21-34(17-15-25(28)20-30(35)36)32(37)40-26-12-6-3-7-13-26/h2-14,19,25,28H,15-18,20-21H2,1H3,(H,35,36)/t25-,28+/m1/s1. The summed E-state index contributed by atoms with van der Waals surface area (Å²) < 4.78 is 17.5. The smallest absolute Gasteiger partial charge is 0.415 e. The van der Waals surface area contributed by atoms with Crippen LogP contribution in [0.1, 0.15) is 35.8 Å². The van der Waals surface area contributed by atoms with Crippen LogP contribution in [0.4, 0.5) is 4.79 Å². The quantitative estimate of drug-likeness (QED) is 0.264. The SMILES string of the molecule is Cc1oc(-c2ccccc2)nc1CCOc1cccc([C@@H]2CN(C(=O)Oc3ccccc3)CC[C@@H]2CC(=O)O)c1. The van der Waals surface area contributed by atoms with Gasteiger partial charge in [0.05, 0.1) is 12.3 Å². The molecular formula is C32H32N2O6. The molecular weight excluding hydrogens is 508 g/mol. The van der Waals surface area contributed by atoms with Gasteiger partial charge in [-0.3, -0.25) is 4.79 Å². The Morgan fingerprint density at radius 1 is 1.00 bits per heavy atom. The van der Waals surface area contributed by atoms with Gasteiger partial charge in [0.1, 0.15) is 17.3 Å². The van der Waals surface area contributed by atoms with Crippen molar-refractivity contribution in [2.24, 2.45) is 5.92 Å². The Kier molecular flexibility index (Phi) is 8.44. The molecule has 2 atom stereocenters. The molecule has 0 unspecified atom stereocenters. The number of piperidine rings is 1. The number of aliphatic carboxylic acids is 1. The van der Waals surface area contributed by atoms with E-state index in [1.165, 1.54) is 0 Å². The molecule has 1 aliphatic heterocycles. The van der Waals surface area contributed by atoms with E-state index >= 15 is 0 Å². The van der Waals surface area contributed by atoms with Gasteiger partial charge in [0.2, 0.25) is 5.89 Å². The second-order valence-electron chi connectivity index (χ2n) is 9.94. The average molecular weight is 541 g/mol. The highest BCUT2D eigenvalue weighted by atomic mass is 16.6. The summed E-state index contributed by atoms with van der Waals surface area (Å²) in [6.45, 7) is 3.12. The van der Waals surface area contributed by atoms with Crippen molar-refractivity contribution in [3.63, 3.8) is 0 Å². The van der Waals surface area contributed by atoms with E-state index in [4.69, 9.17) is 13.9 Å². The number of nitrogens with zero attached hydrogens (tertiary/aromatic N) is 2. The van der Waals surface area contributed by atoms with E-state index in [1.807, 2.05) is 79.7 Å². The third-order valence-corrected chi connectivity index (χ3v) is 7.21. The molecule has 40 heavy (non-hydrogen) atoms. The lowest BCUT2D eigenvalue weighted by Crippen LogP contribution is -2.44. The number of carbonyl (C=O) groups excluding carboxylic acids is 1. The molecule has 0 spiro atoms. The van der Waals surface area contributed by atoms with Gasteiger partial charge in [-0.15, -0.1) is 0 Å². The molecule has 206 valence electrons. The van der Waals surface area contributed by atoms with E-state index in [0.29, 0.717) is 49.9 Å². The molecule has 4 aromatic rings. The molecule has 2 heterocycles. The largest absolute Gasteiger partial charge is 0.493 e. The van der Waals surface area contributed by atoms with E-state index in [2.05, 4.69) is 4.98 Å². The summed E-state index contributed by atoms with van der Waals surface area (Å²) >= 11 is 0. The molecule has 3 aromatic carbocycles. The lowest BCUT2D eigenvalue weighted by atomic mass is 9.79. The van der Waals surface area contributed by atoms with Gasteiger partial charge in [0.25, 0.3) is 0 Å². The number of ether oxygens (including phenoxy) is 2. The summed E-state index contributed by atoms with van der Waals surface area (Å²) in [6, 6.07) is 26.4. The molecule has 1 fully saturated rings. The first-order chi connectivity index (χ1) is 19.5. The number of hydrogen-bond donors (Lipinski definition) is 1. The number of para-hydroxylation sites is 1. The maximum atomic E-state index is 12.9. The first-order valence-corrected chi connectivity index (χ1v) is 13.4. The fourth-order valence-corrected chi connectivity index (χ4v) is 5.13. The van der Waals surface area contributed by atoms with Crippen molar-refractivity contribution in [3.8, 4) is 23.0 Å². The number of aryl methyl sites for hydroxylation is 1. The van der Waals surface area contributed by atoms with Crippen molar-refractivity contribution in [2.75, 3.05) is 19.7 Å². The Bertz CT molecular complexity index is 1440. The third kappa shape index (κ3) is 6.69. The van der Waals surface area contributed by atoms with Gasteiger partial charge in [-0.05, 0) is 61.2 Å². The van der Waals surface area contributed by atoms with Crippen LogP contribution in [0, 0.1) is 12.8 Å². The summed E-state index contributed by atoms with van der Waals surface area (Å²) in [5.74, 6) is 1.39. The number of carbonyl (C=O) groups is 2. The number of hydrogen-bond acceptors (Lipinski definition) is 6. The van der Waals surface area contributed by atoms with Gasteiger partial charge in [-0.1, -0.05) is 48.5 Å². The molecule has 1 aliphatic rings. The number of rotatable bonds is 9. The normalized spacial score (nSPS) is 16.9. The van der Waals surface area contributed by atoms with Crippen LogP contribution in [0.3, 0.4) is 0 Å². The monoisotopic (exact) mass is 540 g/mol. The van der Waals surface area contributed by atoms with E-state index in [1.54, 1.807) is 17.0 Å². The zero-order chi connectivity index (χ0) is 27.9. The Balaban J connectivity index is 1.25. The number of aromatic nitrogens is 1. The maximum Gasteiger partial charge on any atom is 0.415 e. The Hall–Kier alpha value is -4.59. The minimum absolute atomic E-state index is 0.0342. The van der Waals surface area contributed by atoms with E-state index in [-0.39, 0.29) is 18.3 Å². The second kappa shape index (κ2) is 12.5. The van der Waals surface area contributed by atoms with E-state index in [0.717, 1.165) is 22.6 Å². The number of amides is 1. The summed E-state index contributed by atoms with van der Waals surface area (Å²) in [6.07, 6.45) is 0.750. The lowest BCUT2D eigenvalue weighted by Gasteiger charge is -2.37. The maximum absolute atomic E-state index is 12.9. The topological polar surface area (TPSA) is 102 Å². The van der Waals surface area contributed by atoms with Gasteiger partial charge < -0.3 is 23.9 Å². The minimum atomic E-state index is -0.847. The van der Waals surface area contributed by atoms with Crippen LogP contribution < -0.4 is 9.47 Å². The van der Waals surface area contributed by atoms with Gasteiger partial charge in [0, 0.05) is 37.4 Å². The first kappa shape index (κ1) is 27.0. The van der Waals surface area contributed by atoms with Crippen molar-refractivity contribution in [1.82, 2.24) is 9.88 Å². The van der Waals surface area contributed by atoms with Crippen LogP contribution in [0.5, 0.6) is 11.5 Å². The van der Waals surface area contributed by atoms with Gasteiger partial charge in [-0.25, -0.2) is 9.78 Å². The van der Waals surface area contributed by atoms with Crippen molar-refractivity contribution in [3.05, 3.63) is 102 Å². The number of oxazole rings is 1. The average Bonchev–Trinajstić information content (AvgIpc) is 3.34. The molecule has 1 N–H and O–H groups in total. The molecule has 8 nitrogen and oxygen atoms in total. The minimum Gasteiger partial charge on any atom is -0.493 e. The number of carboxylic acids is 1. The van der Waals surface area contributed by atoms with Crippen LogP contribution >= 0.6 is 0 Å². The summed E-state index contributed by atoms with van der Waals surface area (Å²) in [5, 5.41) is 9.53. The summed E-state index contributed by atoms with van der Waals surface area (Å²) in [4.78, 5) is 30.8. The molecule has 8 heteroatoms. The molecule has 1 aromatic heterocycles. The molecule has 1 saturated heterocycles. The van der Waals surface area contributed by atoms with Gasteiger partial charge in [-0.2, -0.15) is 0 Å². The lowest BCUT2D eigenvalue weighted by molar-refractivity contribution is -0.138. The van der Waals surface area contributed by atoms with Crippen LogP contribution in [-0.2, 0) is 11.2 Å². The van der Waals surface area contributed by atoms with Crippen LogP contribution in [-0.4, -0.2) is 46.7 Å². The Morgan fingerprint density at radius 3 is 2.48 bits per heavy atom. The third-order valence-electron chi connectivity index (χ3n) is 7.21. The van der Waals surface area contributed by atoms with Crippen molar-refractivity contribution in [2.45, 2.75) is 32.1 Å². The highest BCUT2D eigenvalue weighted by Gasteiger charge is 2.34. The second-order valence-corrected chi connectivity index (χ2v) is 9.94. The van der Waals surface area contributed by atoms with Crippen molar-refractivity contribution in [1.29, 1.82) is 0 Å². The number of likely N-dealkylation sites (tertiary alicyclic amines) is 1. The van der Waals surface area contributed by atoms with Crippen LogP contribution in [0.15, 0.2) is 89.3 Å². The predicted molar refractivity (Wildman–Crippen MR) is 149 cm³/mol. The Morgan fingerprint density at radius 2 is 1.73 bits per heavy atom. The van der Waals surface area contributed by atoms with Crippen molar-refractivity contribution < 1.29 is 28.6 Å². The molecule has 0 aliphatic carbocycles. The molecule has 1 amide bonds. The highest BCUT2D eigenvalue weighted by Crippen LogP contribution is 2.36. The number of carboxylic acid groups (broad SMARTS) is 1. The number of benzene rings is 3. The Labute approximate surface area is 233 Å². The summed E-state index contributed by atoms with van der Waals surface area (Å²) in [7, 11) is 0. The van der Waals surface area contributed by atoms with Crippen LogP contribution in [0.2, 0.25) is 0 Å². The van der Waals surface area contributed by atoms with E-state index in [9.17, 15) is 14.7 Å². The zero-order valence-corrected chi connectivity index (χ0v) is 22.4. The van der Waals surface area contributed by atoms with Crippen molar-refractivity contribution >= 4 is 12.1 Å². The molecule has 0 radical (unpaired) electrons. The van der Waals surface area contributed by atoms with E-state index < -0.39 is 12.1 Å². The van der Waals surface area contributed by atoms with Crippen LogP contribution in [0.25, 0.3) is 11.5 Å². The summed E-state index contributed by atoms with van der Waals surface area (Å²) in [5.41, 5.74) is 2.71.